The maximum atomic E-state index is 3.12. The van der Waals surface area contributed by atoms with Crippen molar-refractivity contribution in [3.8, 4) is 0 Å². The molecule has 0 N–H and O–H groups in total. The molecule has 0 radical (unpaired) electrons. The molecule has 58 valence electrons. The van der Waals surface area contributed by atoms with Crippen molar-refractivity contribution >= 4 is 37.2 Å². The second kappa shape index (κ2) is 11.5. The predicted molar refractivity (Wildman–Crippen MR) is 54.2 cm³/mol. The van der Waals surface area contributed by atoms with E-state index in [2.05, 4.69) is 62.4 Å². The maximum Gasteiger partial charge on any atom is 0 e. The molecule has 4 heteroatoms. The van der Waals surface area contributed by atoms with Gasteiger partial charge in [-0.05, 0) is 0 Å². The van der Waals surface area contributed by atoms with E-state index in [-0.39, 0.29) is 25.8 Å². The Kier molecular flexibility index (Phi) is 17.3. The van der Waals surface area contributed by atoms with E-state index in [0.29, 0.717) is 13.3 Å². The zero-order chi connectivity index (χ0) is 7.11. The van der Waals surface area contributed by atoms with Crippen LogP contribution in [0.3, 0.4) is 0 Å². The van der Waals surface area contributed by atoms with Crippen LogP contribution in [0, 0.1) is 6.08 Å². The molecule has 0 aromatic carbocycles. The van der Waals surface area contributed by atoms with E-state index >= 15 is 0 Å². The quantitative estimate of drug-likeness (QED) is 0.206. The zero-order valence-electron chi connectivity index (χ0n) is 5.50. The summed E-state index contributed by atoms with van der Waals surface area (Å²) in [6.45, 7) is 2.06. The standard InChI is InChI=1S/C6H7.Hf.I3/c1-6-4-2-3-5-6;;1-3-2/h2,4H,3H2,1H3;;/q-1;;-1. The van der Waals surface area contributed by atoms with Crippen molar-refractivity contribution in [3.63, 3.8) is 0 Å². The molecule has 0 unspecified atom stereocenters. The van der Waals surface area contributed by atoms with Gasteiger partial charge < -0.3 is 0 Å². The van der Waals surface area contributed by atoms with Crippen LogP contribution in [0.2, 0.25) is 0 Å². The van der Waals surface area contributed by atoms with Crippen LogP contribution in [0.5, 0.6) is 0 Å². The predicted octanol–water partition coefficient (Wildman–Crippen LogP) is 0.469. The Hall–Kier alpha value is 2.54. The normalized spacial score (nSPS) is 13.3. The number of allylic oxidation sites excluding steroid dienone is 4. The third-order valence-corrected chi connectivity index (χ3v) is 0.867. The summed E-state index contributed by atoms with van der Waals surface area (Å²) in [5.41, 5.74) is 1.27. The van der Waals surface area contributed by atoms with Gasteiger partial charge in [-0.15, -0.1) is 6.42 Å². The van der Waals surface area contributed by atoms with E-state index in [1.807, 2.05) is 0 Å². The molecule has 0 bridgehead atoms. The van der Waals surface area contributed by atoms with E-state index in [1.54, 1.807) is 0 Å². The van der Waals surface area contributed by atoms with Crippen molar-refractivity contribution in [3.05, 3.63) is 23.8 Å². The summed E-state index contributed by atoms with van der Waals surface area (Å²) in [5.74, 6) is 0. The molecule has 0 fully saturated rings. The van der Waals surface area contributed by atoms with Gasteiger partial charge in [0.1, 0.15) is 0 Å². The van der Waals surface area contributed by atoms with Gasteiger partial charge in [0, 0.05) is 25.8 Å². The molecule has 0 aromatic heterocycles. The van der Waals surface area contributed by atoms with Gasteiger partial charge in [-0.1, -0.05) is 6.92 Å². The molecule has 1 aliphatic rings. The molecule has 0 atom stereocenters. The molecule has 1 aliphatic carbocycles. The molecule has 0 amide bonds. The first kappa shape index (κ1) is 15.0. The van der Waals surface area contributed by atoms with Crippen LogP contribution >= 0.6 is 37.2 Å². The van der Waals surface area contributed by atoms with Crippen molar-refractivity contribution in [2.24, 2.45) is 0 Å². The van der Waals surface area contributed by atoms with Crippen LogP contribution in [-0.2, 0) is 25.8 Å². The Morgan fingerprint density at radius 3 is 2.20 bits per heavy atom. The SMILES string of the molecule is CC1=[C-]CC=C1.I[I-]I.[Hf]. The molecule has 10 heavy (non-hydrogen) atoms. The summed E-state index contributed by atoms with van der Waals surface area (Å²) in [7, 11) is 0. The van der Waals surface area contributed by atoms with Gasteiger partial charge in [-0.25, -0.2) is 11.6 Å². The van der Waals surface area contributed by atoms with Crippen molar-refractivity contribution in [2.75, 3.05) is 0 Å². The Bertz CT molecular complexity index is 117. The largest absolute Gasteiger partial charge is 0 e. The molecular weight excluding hydrogens is 631 g/mol. The molecule has 0 aliphatic heterocycles. The minimum Gasteiger partial charge on any atom is 0 e. The first-order chi connectivity index (χ1) is 4.31. The molecule has 0 nitrogen and oxygen atoms in total. The van der Waals surface area contributed by atoms with Crippen molar-refractivity contribution in [2.45, 2.75) is 13.3 Å². The maximum absolute atomic E-state index is 3.12. The number of hydrogen-bond acceptors (Lipinski definition) is 0. The molecular formula is C6H7HfI3-2. The number of halogens is 3. The Morgan fingerprint density at radius 2 is 2.10 bits per heavy atom. The number of rotatable bonds is 0. The van der Waals surface area contributed by atoms with Gasteiger partial charge in [-0.2, -0.15) is 6.08 Å². The molecule has 0 saturated heterocycles. The first-order valence-electron chi connectivity index (χ1n) is 2.42. The Labute approximate surface area is 111 Å². The van der Waals surface area contributed by atoms with Crippen LogP contribution in [0.4, 0.5) is 0 Å². The summed E-state index contributed by atoms with van der Waals surface area (Å²) in [4.78, 5) is 0. The van der Waals surface area contributed by atoms with Crippen LogP contribution in [0.25, 0.3) is 0 Å². The summed E-state index contributed by atoms with van der Waals surface area (Å²) in [6, 6.07) is 0. The summed E-state index contributed by atoms with van der Waals surface area (Å²) < 4.78 is 0. The third-order valence-electron chi connectivity index (χ3n) is 0.867. The summed E-state index contributed by atoms with van der Waals surface area (Å²) in [6.07, 6.45) is 8.33. The Balaban J connectivity index is 0. The molecule has 0 saturated carbocycles. The van der Waals surface area contributed by atoms with Crippen LogP contribution in [0.15, 0.2) is 17.7 Å². The molecule has 0 heterocycles. The minimum absolute atomic E-state index is 0. The average Bonchev–Trinajstić information content (AvgIpc) is 2.20. The van der Waals surface area contributed by atoms with E-state index in [1.165, 1.54) is 5.57 Å². The van der Waals surface area contributed by atoms with E-state index < -0.39 is 0 Å². The monoisotopic (exact) mass is 640 g/mol. The van der Waals surface area contributed by atoms with Crippen molar-refractivity contribution in [1.82, 2.24) is 0 Å². The van der Waals surface area contributed by atoms with Gasteiger partial charge in [-0.3, -0.25) is 6.08 Å². The van der Waals surface area contributed by atoms with E-state index in [0.717, 1.165) is 6.42 Å². The fraction of sp³-hybridized carbons (Fsp3) is 0.333. The average molecular weight is 638 g/mol. The van der Waals surface area contributed by atoms with Crippen molar-refractivity contribution < 1.29 is 39.1 Å². The summed E-state index contributed by atoms with van der Waals surface area (Å²) in [5, 5.41) is 0. The molecule has 0 spiro atoms. The van der Waals surface area contributed by atoms with Crippen LogP contribution in [0.1, 0.15) is 13.3 Å². The Morgan fingerprint density at radius 1 is 1.60 bits per heavy atom. The third kappa shape index (κ3) is 10.5. The van der Waals surface area contributed by atoms with Gasteiger partial charge in [0.05, 0.1) is 0 Å². The fourth-order valence-electron chi connectivity index (χ4n) is 0.515. The smallest absolute Gasteiger partial charge is 0 e. The molecule has 1 rings (SSSR count). The number of hydrogen-bond donors (Lipinski definition) is 0. The van der Waals surface area contributed by atoms with Gasteiger partial charge in [0.15, 0.2) is 0 Å². The fourth-order valence-corrected chi connectivity index (χ4v) is 0.515. The van der Waals surface area contributed by atoms with Crippen LogP contribution < -0.4 is 13.3 Å². The van der Waals surface area contributed by atoms with Gasteiger partial charge >= 0.3 is 50.5 Å². The zero-order valence-corrected chi connectivity index (χ0v) is 15.6. The second-order valence-electron chi connectivity index (χ2n) is 1.52. The minimum atomic E-state index is 0. The topological polar surface area (TPSA) is 0 Å². The van der Waals surface area contributed by atoms with Gasteiger partial charge in [0.25, 0.3) is 0 Å². The van der Waals surface area contributed by atoms with Crippen molar-refractivity contribution in [1.29, 1.82) is 0 Å². The van der Waals surface area contributed by atoms with Crippen LogP contribution in [-0.4, -0.2) is 0 Å². The summed E-state index contributed by atoms with van der Waals surface area (Å²) >= 11 is 5.30. The van der Waals surface area contributed by atoms with E-state index in [9.17, 15) is 0 Å². The van der Waals surface area contributed by atoms with Gasteiger partial charge in [0.2, 0.25) is 0 Å². The molecule has 0 aromatic rings. The van der Waals surface area contributed by atoms with E-state index in [4.69, 9.17) is 0 Å². The first-order valence-corrected chi connectivity index (χ1v) is 15.0. The second-order valence-corrected chi connectivity index (χ2v) is 17.8.